The van der Waals surface area contributed by atoms with Crippen LogP contribution in [0.3, 0.4) is 0 Å². The van der Waals surface area contributed by atoms with E-state index in [0.717, 1.165) is 36.2 Å². The van der Waals surface area contributed by atoms with Crippen LogP contribution in [0, 0.1) is 6.92 Å². The van der Waals surface area contributed by atoms with Gasteiger partial charge < -0.3 is 10.2 Å². The van der Waals surface area contributed by atoms with E-state index in [4.69, 9.17) is 0 Å². The summed E-state index contributed by atoms with van der Waals surface area (Å²) in [6, 6.07) is 22.4. The highest BCUT2D eigenvalue weighted by atomic mass is 16.1. The van der Waals surface area contributed by atoms with Crippen molar-refractivity contribution >= 4 is 17.7 Å². The number of nitrogens with one attached hydrogen (secondary N) is 1. The van der Waals surface area contributed by atoms with Crippen molar-refractivity contribution in [2.45, 2.75) is 19.8 Å². The Morgan fingerprint density at radius 2 is 1.57 bits per heavy atom. The van der Waals surface area contributed by atoms with E-state index in [-0.39, 0.29) is 5.91 Å². The third-order valence-corrected chi connectivity index (χ3v) is 5.57. The van der Waals surface area contributed by atoms with Gasteiger partial charge in [-0.05, 0) is 74.3 Å². The Kier molecular flexibility index (Phi) is 5.82. The number of likely N-dealkylation sites (N-methyl/N-ethyl adjacent to an activating group) is 1. The fraction of sp³-hybridized carbons (Fsp3) is 0.222. The van der Waals surface area contributed by atoms with Gasteiger partial charge in [0, 0.05) is 17.8 Å². The highest BCUT2D eigenvalue weighted by Crippen LogP contribution is 2.30. The number of benzene rings is 3. The molecule has 0 unspecified atom stereocenters. The number of hydrogen-bond acceptors (Lipinski definition) is 2. The number of aryl methyl sites for hydroxylation is 1. The second kappa shape index (κ2) is 8.68. The maximum absolute atomic E-state index is 12.9. The van der Waals surface area contributed by atoms with E-state index in [1.807, 2.05) is 36.4 Å². The highest BCUT2D eigenvalue weighted by molar-refractivity contribution is 6.05. The van der Waals surface area contributed by atoms with Crippen LogP contribution in [0.25, 0.3) is 17.2 Å². The summed E-state index contributed by atoms with van der Waals surface area (Å²) in [6.07, 6.45) is 4.26. The lowest BCUT2D eigenvalue weighted by atomic mass is 9.90. The monoisotopic (exact) mass is 396 g/mol. The lowest BCUT2D eigenvalue weighted by Crippen LogP contribution is -2.18. The molecule has 1 amide bonds. The van der Waals surface area contributed by atoms with Gasteiger partial charge in [0.05, 0.1) is 0 Å². The molecule has 0 radical (unpaired) electrons. The van der Waals surface area contributed by atoms with Gasteiger partial charge in [-0.25, -0.2) is 0 Å². The van der Waals surface area contributed by atoms with Crippen molar-refractivity contribution in [2.24, 2.45) is 0 Å². The van der Waals surface area contributed by atoms with Crippen LogP contribution in [0.2, 0.25) is 0 Å². The summed E-state index contributed by atoms with van der Waals surface area (Å²) in [6.45, 7) is 3.06. The summed E-state index contributed by atoms with van der Waals surface area (Å²) in [5, 5.41) is 3.13. The average Bonchev–Trinajstić information content (AvgIpc) is 2.74. The molecule has 0 fully saturated rings. The van der Waals surface area contributed by atoms with Crippen LogP contribution in [0.4, 0.5) is 5.69 Å². The second-order valence-electron chi connectivity index (χ2n) is 8.31. The first-order valence-electron chi connectivity index (χ1n) is 10.4. The van der Waals surface area contributed by atoms with Crippen molar-refractivity contribution in [1.29, 1.82) is 0 Å². The highest BCUT2D eigenvalue weighted by Gasteiger charge is 2.16. The normalized spacial score (nSPS) is 13.0. The molecule has 0 atom stereocenters. The summed E-state index contributed by atoms with van der Waals surface area (Å²) in [5.74, 6) is -0.0677. The van der Waals surface area contributed by atoms with E-state index in [1.165, 1.54) is 22.3 Å². The molecular formula is C27H28N2O. The zero-order chi connectivity index (χ0) is 21.1. The van der Waals surface area contributed by atoms with Crippen molar-refractivity contribution in [3.63, 3.8) is 0 Å². The van der Waals surface area contributed by atoms with Crippen LogP contribution in [0.15, 0.2) is 72.3 Å². The summed E-state index contributed by atoms with van der Waals surface area (Å²) in [5.41, 5.74) is 8.97. The minimum Gasteiger partial charge on any atom is -0.322 e. The SMILES string of the molecule is Cc1ccc(-c2ccc(C(=O)Nc3cccc4c3CCC(CN(C)C)=C4)cc2)cc1. The molecule has 1 aliphatic carbocycles. The van der Waals surface area contributed by atoms with Crippen LogP contribution < -0.4 is 5.32 Å². The molecule has 0 saturated heterocycles. The standard InChI is InChI=1S/C27H28N2O/c1-19-7-10-21(11-8-19)22-12-14-23(15-13-22)27(30)28-26-6-4-5-24-17-20(18-29(2)3)9-16-25(24)26/h4-8,10-15,17H,9,16,18H2,1-3H3,(H,28,30). The molecule has 3 heteroatoms. The summed E-state index contributed by atoms with van der Waals surface area (Å²) < 4.78 is 0. The number of anilines is 1. The third kappa shape index (κ3) is 4.52. The van der Waals surface area contributed by atoms with Gasteiger partial charge in [0.25, 0.3) is 5.91 Å². The van der Waals surface area contributed by atoms with E-state index >= 15 is 0 Å². The minimum atomic E-state index is -0.0677. The van der Waals surface area contributed by atoms with Gasteiger partial charge in [-0.3, -0.25) is 4.79 Å². The lowest BCUT2D eigenvalue weighted by Gasteiger charge is -2.22. The number of carbonyl (C=O) groups excluding carboxylic acids is 1. The summed E-state index contributed by atoms with van der Waals surface area (Å²) in [4.78, 5) is 15.1. The Morgan fingerprint density at radius 3 is 2.23 bits per heavy atom. The molecule has 0 saturated carbocycles. The lowest BCUT2D eigenvalue weighted by molar-refractivity contribution is 0.102. The first kappa shape index (κ1) is 20.1. The van der Waals surface area contributed by atoms with Gasteiger partial charge in [-0.15, -0.1) is 0 Å². The smallest absolute Gasteiger partial charge is 0.255 e. The van der Waals surface area contributed by atoms with E-state index in [2.05, 4.69) is 67.6 Å². The molecular weight excluding hydrogens is 368 g/mol. The number of fused-ring (bicyclic) bond motifs is 1. The Morgan fingerprint density at radius 1 is 0.900 bits per heavy atom. The molecule has 0 spiro atoms. The quantitative estimate of drug-likeness (QED) is 0.591. The number of carbonyl (C=O) groups is 1. The molecule has 0 heterocycles. The molecule has 1 N–H and O–H groups in total. The maximum atomic E-state index is 12.9. The number of rotatable bonds is 5. The fourth-order valence-corrected chi connectivity index (χ4v) is 4.00. The van der Waals surface area contributed by atoms with Crippen LogP contribution in [-0.4, -0.2) is 31.4 Å². The summed E-state index contributed by atoms with van der Waals surface area (Å²) in [7, 11) is 4.19. The molecule has 0 bridgehead atoms. The Hall–Kier alpha value is -3.17. The van der Waals surface area contributed by atoms with E-state index < -0.39 is 0 Å². The Balaban J connectivity index is 1.51. The Bertz CT molecular complexity index is 1080. The van der Waals surface area contributed by atoms with Gasteiger partial charge in [0.2, 0.25) is 0 Å². The van der Waals surface area contributed by atoms with Gasteiger partial charge in [-0.2, -0.15) is 0 Å². The van der Waals surface area contributed by atoms with Gasteiger partial charge in [-0.1, -0.05) is 65.7 Å². The molecule has 1 aliphatic rings. The molecule has 152 valence electrons. The molecule has 3 aromatic carbocycles. The molecule has 3 nitrogen and oxygen atoms in total. The second-order valence-corrected chi connectivity index (χ2v) is 8.31. The number of nitrogens with zero attached hydrogens (tertiary/aromatic N) is 1. The fourth-order valence-electron chi connectivity index (χ4n) is 4.00. The molecule has 0 aliphatic heterocycles. The molecule has 30 heavy (non-hydrogen) atoms. The third-order valence-electron chi connectivity index (χ3n) is 5.57. The van der Waals surface area contributed by atoms with Gasteiger partial charge in [0.1, 0.15) is 0 Å². The van der Waals surface area contributed by atoms with Crippen LogP contribution in [0.5, 0.6) is 0 Å². The first-order chi connectivity index (χ1) is 14.5. The molecule has 0 aromatic heterocycles. The van der Waals surface area contributed by atoms with Crippen molar-refractivity contribution in [1.82, 2.24) is 4.90 Å². The zero-order valence-electron chi connectivity index (χ0n) is 17.9. The van der Waals surface area contributed by atoms with Crippen molar-refractivity contribution < 1.29 is 4.79 Å². The predicted octanol–water partition coefficient (Wildman–Crippen LogP) is 5.81. The van der Waals surface area contributed by atoms with E-state index in [9.17, 15) is 4.79 Å². The van der Waals surface area contributed by atoms with Crippen molar-refractivity contribution in [2.75, 3.05) is 26.0 Å². The zero-order valence-corrected chi connectivity index (χ0v) is 17.9. The topological polar surface area (TPSA) is 32.3 Å². The van der Waals surface area contributed by atoms with Gasteiger partial charge >= 0.3 is 0 Å². The summed E-state index contributed by atoms with van der Waals surface area (Å²) >= 11 is 0. The van der Waals surface area contributed by atoms with Gasteiger partial charge in [0.15, 0.2) is 0 Å². The van der Waals surface area contributed by atoms with Crippen LogP contribution >= 0.6 is 0 Å². The molecule has 3 aromatic rings. The largest absolute Gasteiger partial charge is 0.322 e. The van der Waals surface area contributed by atoms with E-state index in [1.54, 1.807) is 0 Å². The first-order valence-corrected chi connectivity index (χ1v) is 10.4. The van der Waals surface area contributed by atoms with Crippen LogP contribution in [0.1, 0.15) is 33.5 Å². The number of hydrogen-bond donors (Lipinski definition) is 1. The average molecular weight is 397 g/mol. The van der Waals surface area contributed by atoms with Crippen molar-refractivity contribution in [3.05, 3.63) is 94.6 Å². The molecule has 4 rings (SSSR count). The number of amides is 1. The minimum absolute atomic E-state index is 0.0677. The van der Waals surface area contributed by atoms with Crippen molar-refractivity contribution in [3.8, 4) is 11.1 Å². The maximum Gasteiger partial charge on any atom is 0.255 e. The predicted molar refractivity (Wildman–Crippen MR) is 126 cm³/mol. The Labute approximate surface area is 179 Å². The van der Waals surface area contributed by atoms with E-state index in [0.29, 0.717) is 5.56 Å². The van der Waals surface area contributed by atoms with Crippen LogP contribution in [-0.2, 0) is 6.42 Å².